The van der Waals surface area contributed by atoms with Crippen molar-refractivity contribution in [2.24, 2.45) is 0 Å². The topological polar surface area (TPSA) is 125 Å². The molecule has 2 aromatic rings. The second-order valence-electron chi connectivity index (χ2n) is 9.63. The lowest BCUT2D eigenvalue weighted by atomic mass is 10.0. The van der Waals surface area contributed by atoms with Crippen molar-refractivity contribution in [3.05, 3.63) is 12.5 Å². The number of esters is 1. The van der Waals surface area contributed by atoms with E-state index in [9.17, 15) is 9.90 Å². The van der Waals surface area contributed by atoms with Gasteiger partial charge in [-0.2, -0.15) is 4.98 Å². The standard InChI is InChI=1S/C27H47N5O4/c1-2-3-4-5-6-7-8-9-10-11-12-13-14-15-16-17-25(34)35-20-23(19-33)36-22-32-21-30-26-24(32)18-29-27(28)31-26/h18,21,23,33H,2-17,19-20,22H2,1H3,(H2,28,29,31). The average molecular weight is 506 g/mol. The van der Waals surface area contributed by atoms with E-state index in [2.05, 4.69) is 21.9 Å². The lowest BCUT2D eigenvalue weighted by Crippen LogP contribution is -2.26. The van der Waals surface area contributed by atoms with E-state index in [-0.39, 0.29) is 31.9 Å². The highest BCUT2D eigenvalue weighted by atomic mass is 16.6. The van der Waals surface area contributed by atoms with Crippen molar-refractivity contribution in [2.75, 3.05) is 18.9 Å². The molecule has 1 atom stereocenters. The summed E-state index contributed by atoms with van der Waals surface area (Å²) in [6.07, 6.45) is 22.3. The Morgan fingerprint density at radius 3 is 2.11 bits per heavy atom. The summed E-state index contributed by atoms with van der Waals surface area (Å²) in [6.45, 7) is 2.17. The maximum atomic E-state index is 12.0. The van der Waals surface area contributed by atoms with Crippen molar-refractivity contribution in [2.45, 2.75) is 122 Å². The lowest BCUT2D eigenvalue weighted by molar-refractivity contribution is -0.150. The Balaban J connectivity index is 1.42. The number of anilines is 1. The number of nitrogens with two attached hydrogens (primary N) is 1. The molecular formula is C27H47N5O4. The second kappa shape index (κ2) is 18.9. The number of hydrogen-bond acceptors (Lipinski definition) is 8. The Morgan fingerprint density at radius 2 is 1.53 bits per heavy atom. The molecule has 1 unspecified atom stereocenters. The Bertz CT molecular complexity index is 845. The molecule has 0 aliphatic carbocycles. The van der Waals surface area contributed by atoms with Crippen LogP contribution < -0.4 is 5.73 Å². The highest BCUT2D eigenvalue weighted by Crippen LogP contribution is 2.14. The second-order valence-corrected chi connectivity index (χ2v) is 9.63. The minimum atomic E-state index is -0.609. The van der Waals surface area contributed by atoms with Gasteiger partial charge in [-0.15, -0.1) is 0 Å². The number of aliphatic hydroxyl groups excluding tert-OH is 1. The number of carbonyl (C=O) groups excluding carboxylic acids is 1. The number of ether oxygens (including phenoxy) is 2. The van der Waals surface area contributed by atoms with Gasteiger partial charge >= 0.3 is 5.97 Å². The smallest absolute Gasteiger partial charge is 0.305 e. The zero-order chi connectivity index (χ0) is 25.8. The molecule has 3 N–H and O–H groups in total. The zero-order valence-corrected chi connectivity index (χ0v) is 22.2. The third-order valence-corrected chi connectivity index (χ3v) is 6.47. The Labute approximate surface area is 216 Å². The van der Waals surface area contributed by atoms with E-state index in [0.29, 0.717) is 17.6 Å². The van der Waals surface area contributed by atoms with Crippen molar-refractivity contribution in [1.29, 1.82) is 0 Å². The molecule has 0 saturated carbocycles. The number of fused-ring (bicyclic) bond motifs is 1. The van der Waals surface area contributed by atoms with E-state index in [1.807, 2.05) is 0 Å². The van der Waals surface area contributed by atoms with Crippen LogP contribution in [0.1, 0.15) is 110 Å². The monoisotopic (exact) mass is 505 g/mol. The minimum Gasteiger partial charge on any atom is -0.463 e. The van der Waals surface area contributed by atoms with E-state index in [4.69, 9.17) is 15.2 Å². The van der Waals surface area contributed by atoms with E-state index in [0.717, 1.165) is 12.8 Å². The van der Waals surface area contributed by atoms with Crippen LogP contribution in [0.25, 0.3) is 11.2 Å². The molecule has 0 bridgehead atoms. The molecule has 2 heterocycles. The SMILES string of the molecule is CCCCCCCCCCCCCCCCCC(=O)OCC(CO)OCn1cnc2nc(N)ncc21. The number of hydrogen-bond donors (Lipinski definition) is 2. The fourth-order valence-corrected chi connectivity index (χ4v) is 4.20. The first-order chi connectivity index (χ1) is 17.6. The Hall–Kier alpha value is -2.26. The number of aliphatic hydroxyl groups is 1. The summed E-state index contributed by atoms with van der Waals surface area (Å²) in [5, 5.41) is 9.55. The van der Waals surface area contributed by atoms with Crippen LogP contribution in [0.3, 0.4) is 0 Å². The summed E-state index contributed by atoms with van der Waals surface area (Å²) < 4.78 is 12.7. The summed E-state index contributed by atoms with van der Waals surface area (Å²) in [6, 6.07) is 0. The third-order valence-electron chi connectivity index (χ3n) is 6.47. The molecular weight excluding hydrogens is 458 g/mol. The van der Waals surface area contributed by atoms with Crippen molar-refractivity contribution in [1.82, 2.24) is 19.5 Å². The molecule has 9 nitrogen and oxygen atoms in total. The summed E-state index contributed by atoms with van der Waals surface area (Å²) in [5.41, 5.74) is 6.71. The van der Waals surface area contributed by atoms with Gasteiger partial charge in [-0.1, -0.05) is 96.8 Å². The number of nitrogens with zero attached hydrogens (tertiary/aromatic N) is 4. The molecule has 0 aliphatic rings. The van der Waals surface area contributed by atoms with Gasteiger partial charge in [-0.3, -0.25) is 4.79 Å². The van der Waals surface area contributed by atoms with Crippen LogP contribution in [0.5, 0.6) is 0 Å². The van der Waals surface area contributed by atoms with Crippen LogP contribution in [-0.4, -0.2) is 49.9 Å². The molecule has 0 saturated heterocycles. The number of imidazole rings is 1. The van der Waals surface area contributed by atoms with Crippen molar-refractivity contribution < 1.29 is 19.4 Å². The van der Waals surface area contributed by atoms with E-state index < -0.39 is 6.10 Å². The van der Waals surface area contributed by atoms with Gasteiger partial charge in [-0.25, -0.2) is 9.97 Å². The molecule has 0 fully saturated rings. The number of aromatic nitrogens is 4. The minimum absolute atomic E-state index is 0.0180. The molecule has 0 radical (unpaired) electrons. The summed E-state index contributed by atoms with van der Waals surface area (Å²) in [7, 11) is 0. The maximum absolute atomic E-state index is 12.0. The summed E-state index contributed by atoms with van der Waals surface area (Å²) in [4.78, 5) is 24.2. The highest BCUT2D eigenvalue weighted by molar-refractivity contribution is 5.70. The van der Waals surface area contributed by atoms with Gasteiger partial charge in [0.25, 0.3) is 0 Å². The number of rotatable bonds is 22. The summed E-state index contributed by atoms with van der Waals surface area (Å²) >= 11 is 0. The molecule has 0 amide bonds. The van der Waals surface area contributed by atoms with Crippen molar-refractivity contribution in [3.8, 4) is 0 Å². The van der Waals surface area contributed by atoms with E-state index in [1.165, 1.54) is 83.5 Å². The quantitative estimate of drug-likeness (QED) is 0.158. The van der Waals surface area contributed by atoms with E-state index >= 15 is 0 Å². The molecule has 0 aliphatic heterocycles. The van der Waals surface area contributed by atoms with Gasteiger partial charge in [-0.05, 0) is 6.42 Å². The fourth-order valence-electron chi connectivity index (χ4n) is 4.20. The first-order valence-electron chi connectivity index (χ1n) is 14.0. The molecule has 2 rings (SSSR count). The average Bonchev–Trinajstić information content (AvgIpc) is 3.28. The molecule has 204 valence electrons. The lowest BCUT2D eigenvalue weighted by Gasteiger charge is -2.16. The normalized spacial score (nSPS) is 12.3. The van der Waals surface area contributed by atoms with Gasteiger partial charge in [0.05, 0.1) is 19.1 Å². The fraction of sp³-hybridized carbons (Fsp3) is 0.778. The van der Waals surface area contributed by atoms with E-state index in [1.54, 1.807) is 17.1 Å². The van der Waals surface area contributed by atoms with Crippen LogP contribution in [0.4, 0.5) is 5.95 Å². The largest absolute Gasteiger partial charge is 0.463 e. The molecule has 0 spiro atoms. The van der Waals surface area contributed by atoms with Gasteiger partial charge in [0.15, 0.2) is 5.65 Å². The maximum Gasteiger partial charge on any atom is 0.305 e. The van der Waals surface area contributed by atoms with Gasteiger partial charge < -0.3 is 24.9 Å². The van der Waals surface area contributed by atoms with Crippen LogP contribution >= 0.6 is 0 Å². The van der Waals surface area contributed by atoms with Crippen molar-refractivity contribution >= 4 is 23.1 Å². The van der Waals surface area contributed by atoms with Crippen LogP contribution in [0, 0.1) is 0 Å². The molecule has 0 aromatic carbocycles. The Morgan fingerprint density at radius 1 is 0.944 bits per heavy atom. The first-order valence-corrected chi connectivity index (χ1v) is 14.0. The van der Waals surface area contributed by atoms with Gasteiger partial charge in [0, 0.05) is 6.42 Å². The molecule has 36 heavy (non-hydrogen) atoms. The zero-order valence-electron chi connectivity index (χ0n) is 22.2. The number of nitrogen functional groups attached to an aromatic ring is 1. The van der Waals surface area contributed by atoms with Crippen LogP contribution in [-0.2, 0) is 21.0 Å². The third kappa shape index (κ3) is 12.6. The summed E-state index contributed by atoms with van der Waals surface area (Å²) in [5.74, 6) is -0.0911. The predicted octanol–water partition coefficient (Wildman–Crippen LogP) is 5.55. The highest BCUT2D eigenvalue weighted by Gasteiger charge is 2.13. The van der Waals surface area contributed by atoms with Crippen LogP contribution in [0.15, 0.2) is 12.5 Å². The van der Waals surface area contributed by atoms with Crippen LogP contribution in [0.2, 0.25) is 0 Å². The van der Waals surface area contributed by atoms with Crippen molar-refractivity contribution in [3.63, 3.8) is 0 Å². The predicted molar refractivity (Wildman–Crippen MR) is 142 cm³/mol. The number of unbranched alkanes of at least 4 members (excludes halogenated alkanes) is 14. The van der Waals surface area contributed by atoms with Gasteiger partial charge in [0.1, 0.15) is 25.0 Å². The molecule has 9 heteroatoms. The first kappa shape index (κ1) is 30.0. The molecule has 2 aromatic heterocycles. The van der Waals surface area contributed by atoms with Gasteiger partial charge in [0.2, 0.25) is 5.95 Å². The Kier molecular flexibility index (Phi) is 15.8. The number of carbonyl (C=O) groups is 1.